The Hall–Kier alpha value is -1.57. The van der Waals surface area contributed by atoms with Gasteiger partial charge in [0.05, 0.1) is 40.0 Å². The van der Waals surface area contributed by atoms with Crippen LogP contribution >= 0.6 is 23.2 Å². The molecule has 24 heavy (non-hydrogen) atoms. The molecule has 0 spiro atoms. The Labute approximate surface area is 149 Å². The number of aromatic nitrogens is 2. The van der Waals surface area contributed by atoms with E-state index in [1.807, 2.05) is 0 Å². The number of carbonyl (C=O) groups excluding carboxylic acids is 1. The number of hydrogen-bond donors (Lipinski definition) is 1. The van der Waals surface area contributed by atoms with Crippen LogP contribution in [-0.2, 0) is 9.84 Å². The first kappa shape index (κ1) is 17.3. The topological polar surface area (TPSA) is 81.1 Å². The van der Waals surface area contributed by atoms with Gasteiger partial charge in [0, 0.05) is 10.7 Å². The van der Waals surface area contributed by atoms with Crippen molar-refractivity contribution in [1.82, 2.24) is 9.78 Å². The van der Waals surface area contributed by atoms with Gasteiger partial charge in [0.15, 0.2) is 9.84 Å². The van der Waals surface area contributed by atoms with E-state index in [1.165, 1.54) is 6.20 Å². The van der Waals surface area contributed by atoms with E-state index in [-0.39, 0.29) is 23.5 Å². The summed E-state index contributed by atoms with van der Waals surface area (Å²) in [6, 6.07) is 4.56. The van der Waals surface area contributed by atoms with Crippen molar-refractivity contribution < 1.29 is 13.2 Å². The van der Waals surface area contributed by atoms with E-state index in [4.69, 9.17) is 23.2 Å². The molecule has 1 amide bonds. The third-order valence-corrected chi connectivity index (χ3v) is 6.34. The number of halogens is 2. The van der Waals surface area contributed by atoms with Gasteiger partial charge in [0.25, 0.3) is 5.91 Å². The summed E-state index contributed by atoms with van der Waals surface area (Å²) in [5, 5.41) is 7.73. The molecule has 9 heteroatoms. The van der Waals surface area contributed by atoms with Crippen LogP contribution in [0.25, 0.3) is 0 Å². The lowest BCUT2D eigenvalue weighted by molar-refractivity contribution is 0.102. The number of nitrogens with one attached hydrogen (secondary N) is 1. The summed E-state index contributed by atoms with van der Waals surface area (Å²) in [7, 11) is -3.02. The molecule has 1 aliphatic heterocycles. The normalized spacial score (nSPS) is 19.4. The average molecular weight is 388 g/mol. The SMILES string of the molecule is Cc1c(C(=O)Nc2cc(Cl)ccc2Cl)cnn1C1CCS(=O)(=O)C1. The molecule has 1 aliphatic rings. The van der Waals surface area contributed by atoms with E-state index in [2.05, 4.69) is 10.4 Å². The molecule has 2 aromatic rings. The van der Waals surface area contributed by atoms with E-state index in [9.17, 15) is 13.2 Å². The van der Waals surface area contributed by atoms with E-state index in [0.29, 0.717) is 33.4 Å². The third-order valence-electron chi connectivity index (χ3n) is 4.02. The molecular formula is C15H15Cl2N3O3S. The molecule has 6 nitrogen and oxygen atoms in total. The Morgan fingerprint density at radius 3 is 2.79 bits per heavy atom. The van der Waals surface area contributed by atoms with Gasteiger partial charge in [-0.05, 0) is 31.5 Å². The van der Waals surface area contributed by atoms with Gasteiger partial charge in [0.2, 0.25) is 0 Å². The Kier molecular flexibility index (Phi) is 4.59. The molecule has 1 aromatic carbocycles. The van der Waals surface area contributed by atoms with Crippen LogP contribution in [0.4, 0.5) is 5.69 Å². The zero-order chi connectivity index (χ0) is 17.5. The molecule has 0 saturated carbocycles. The smallest absolute Gasteiger partial charge is 0.259 e. The number of hydrogen-bond acceptors (Lipinski definition) is 4. The summed E-state index contributed by atoms with van der Waals surface area (Å²) in [5.41, 5.74) is 1.40. The Morgan fingerprint density at radius 2 is 2.12 bits per heavy atom. The second-order valence-electron chi connectivity index (χ2n) is 5.72. The van der Waals surface area contributed by atoms with Crippen molar-refractivity contribution >= 4 is 44.6 Å². The van der Waals surface area contributed by atoms with Crippen molar-refractivity contribution in [3.8, 4) is 0 Å². The van der Waals surface area contributed by atoms with Gasteiger partial charge < -0.3 is 5.32 Å². The first-order valence-electron chi connectivity index (χ1n) is 7.28. The zero-order valence-corrected chi connectivity index (χ0v) is 15.1. The van der Waals surface area contributed by atoms with E-state index in [0.717, 1.165) is 0 Å². The number of amides is 1. The highest BCUT2D eigenvalue weighted by atomic mass is 35.5. The van der Waals surface area contributed by atoms with Crippen molar-refractivity contribution in [2.45, 2.75) is 19.4 Å². The summed E-state index contributed by atoms with van der Waals surface area (Å²) < 4.78 is 24.9. The van der Waals surface area contributed by atoms with Crippen LogP contribution < -0.4 is 5.32 Å². The van der Waals surface area contributed by atoms with E-state index >= 15 is 0 Å². The van der Waals surface area contributed by atoms with Gasteiger partial charge in [0.1, 0.15) is 0 Å². The standard InChI is InChI=1S/C15H15Cl2N3O3S/c1-9-12(7-18-20(9)11-4-5-24(22,23)8-11)15(21)19-14-6-10(16)2-3-13(14)17/h2-3,6-7,11H,4-5,8H2,1H3,(H,19,21). The fraction of sp³-hybridized carbons (Fsp3) is 0.333. The second-order valence-corrected chi connectivity index (χ2v) is 8.80. The maximum Gasteiger partial charge on any atom is 0.259 e. The second kappa shape index (κ2) is 6.38. The van der Waals surface area contributed by atoms with Gasteiger partial charge in [-0.15, -0.1) is 0 Å². The number of sulfone groups is 1. The molecule has 0 aliphatic carbocycles. The first-order chi connectivity index (χ1) is 11.3. The quantitative estimate of drug-likeness (QED) is 0.876. The predicted molar refractivity (Wildman–Crippen MR) is 93.7 cm³/mol. The molecule has 3 rings (SSSR count). The Bertz CT molecular complexity index is 909. The average Bonchev–Trinajstić information content (AvgIpc) is 3.05. The molecule has 2 heterocycles. The lowest BCUT2D eigenvalue weighted by Crippen LogP contribution is -2.16. The highest BCUT2D eigenvalue weighted by molar-refractivity contribution is 7.91. The van der Waals surface area contributed by atoms with Crippen LogP contribution in [0.3, 0.4) is 0 Å². The fourth-order valence-corrected chi connectivity index (χ4v) is 4.79. The number of nitrogens with zero attached hydrogens (tertiary/aromatic N) is 2. The number of carbonyl (C=O) groups is 1. The largest absolute Gasteiger partial charge is 0.320 e. The van der Waals surface area contributed by atoms with Gasteiger partial charge >= 0.3 is 0 Å². The minimum Gasteiger partial charge on any atom is -0.320 e. The van der Waals surface area contributed by atoms with Gasteiger partial charge in [-0.2, -0.15) is 5.10 Å². The molecule has 1 N–H and O–H groups in total. The van der Waals surface area contributed by atoms with Gasteiger partial charge in [-0.25, -0.2) is 8.42 Å². The summed E-state index contributed by atoms with van der Waals surface area (Å²) in [6.07, 6.45) is 1.94. The molecule has 1 atom stereocenters. The maximum absolute atomic E-state index is 12.5. The van der Waals surface area contributed by atoms with Crippen molar-refractivity contribution in [1.29, 1.82) is 0 Å². The molecule has 1 aromatic heterocycles. The van der Waals surface area contributed by atoms with Crippen molar-refractivity contribution in [3.63, 3.8) is 0 Å². The van der Waals surface area contributed by atoms with Crippen molar-refractivity contribution in [2.24, 2.45) is 0 Å². The number of benzene rings is 1. The van der Waals surface area contributed by atoms with E-state index in [1.54, 1.807) is 29.8 Å². The molecule has 1 unspecified atom stereocenters. The number of anilines is 1. The van der Waals surface area contributed by atoms with Crippen molar-refractivity contribution in [2.75, 3.05) is 16.8 Å². The summed E-state index contributed by atoms with van der Waals surface area (Å²) >= 11 is 12.0. The van der Waals surface area contributed by atoms with Crippen LogP contribution in [0.5, 0.6) is 0 Å². The summed E-state index contributed by atoms with van der Waals surface area (Å²) in [4.78, 5) is 12.5. The molecule has 0 radical (unpaired) electrons. The van der Waals surface area contributed by atoms with Gasteiger partial charge in [-0.1, -0.05) is 23.2 Å². The van der Waals surface area contributed by atoms with Crippen LogP contribution in [0.15, 0.2) is 24.4 Å². The molecular weight excluding hydrogens is 373 g/mol. The van der Waals surface area contributed by atoms with Crippen LogP contribution in [0.1, 0.15) is 28.5 Å². The zero-order valence-electron chi connectivity index (χ0n) is 12.8. The van der Waals surface area contributed by atoms with Crippen molar-refractivity contribution in [3.05, 3.63) is 45.7 Å². The van der Waals surface area contributed by atoms with Crippen LogP contribution in [0, 0.1) is 6.92 Å². The lowest BCUT2D eigenvalue weighted by atomic mass is 10.2. The molecule has 0 bridgehead atoms. The highest BCUT2D eigenvalue weighted by Gasteiger charge is 2.31. The minimum absolute atomic E-state index is 0.0523. The van der Waals surface area contributed by atoms with E-state index < -0.39 is 9.84 Å². The lowest BCUT2D eigenvalue weighted by Gasteiger charge is -2.12. The molecule has 128 valence electrons. The fourth-order valence-electron chi connectivity index (χ4n) is 2.77. The Morgan fingerprint density at radius 1 is 1.38 bits per heavy atom. The highest BCUT2D eigenvalue weighted by Crippen LogP contribution is 2.28. The maximum atomic E-state index is 12.5. The first-order valence-corrected chi connectivity index (χ1v) is 9.85. The number of rotatable bonds is 3. The van der Waals surface area contributed by atoms with Crippen LogP contribution in [-0.4, -0.2) is 35.6 Å². The third kappa shape index (κ3) is 3.43. The summed E-state index contributed by atoms with van der Waals surface area (Å²) in [5.74, 6) is -0.170. The molecule has 1 fully saturated rings. The summed E-state index contributed by atoms with van der Waals surface area (Å²) in [6.45, 7) is 1.74. The molecule has 1 saturated heterocycles. The predicted octanol–water partition coefficient (Wildman–Crippen LogP) is 3.11. The Balaban J connectivity index is 1.83. The van der Waals surface area contributed by atoms with Gasteiger partial charge in [-0.3, -0.25) is 9.48 Å². The minimum atomic E-state index is -3.02. The monoisotopic (exact) mass is 387 g/mol. The van der Waals surface area contributed by atoms with Crippen LogP contribution in [0.2, 0.25) is 10.0 Å².